The minimum Gasteiger partial charge on any atom is -0.353 e. The topological polar surface area (TPSA) is 58.1 Å². The Bertz CT molecular complexity index is 848. The summed E-state index contributed by atoms with van der Waals surface area (Å²) in [6.45, 7) is 1.72. The molecule has 2 aromatic heterocycles. The summed E-state index contributed by atoms with van der Waals surface area (Å²) in [5, 5.41) is 14.5. The third-order valence-corrected chi connectivity index (χ3v) is 5.33. The molecule has 1 N–H and O–H groups in total. The van der Waals surface area contributed by atoms with E-state index in [1.165, 1.54) is 0 Å². The Hall–Kier alpha value is -2.47. The molecule has 1 aromatic carbocycles. The smallest absolute Gasteiger partial charge is 0.253 e. The van der Waals surface area contributed by atoms with E-state index in [-0.39, 0.29) is 11.9 Å². The number of carbonyl (C=O) groups is 1. The summed E-state index contributed by atoms with van der Waals surface area (Å²) in [6.07, 6.45) is 3.70. The van der Waals surface area contributed by atoms with Crippen LogP contribution in [-0.2, 0) is 0 Å². The van der Waals surface area contributed by atoms with Gasteiger partial charge in [-0.3, -0.25) is 4.79 Å². The summed E-state index contributed by atoms with van der Waals surface area (Å²) in [7, 11) is 0. The lowest BCUT2D eigenvalue weighted by molar-refractivity contribution is 0.0935. The highest BCUT2D eigenvalue weighted by molar-refractivity contribution is 7.17. The molecular weight excluding hydrogens is 320 g/mol. The van der Waals surface area contributed by atoms with Crippen molar-refractivity contribution in [2.45, 2.75) is 18.9 Å². The number of thiophene rings is 1. The molecule has 1 aliphatic rings. The summed E-state index contributed by atoms with van der Waals surface area (Å²) < 4.78 is 1.05. The molecule has 1 amide bonds. The molecule has 122 valence electrons. The van der Waals surface area contributed by atoms with Crippen molar-refractivity contribution < 1.29 is 4.79 Å². The SMILES string of the molecule is O=C(NC1CCCN(c2cccnn2)C1)c1cccc2ccsc12. The molecule has 3 heterocycles. The van der Waals surface area contributed by atoms with Gasteiger partial charge in [-0.2, -0.15) is 5.10 Å². The average Bonchev–Trinajstić information content (AvgIpc) is 3.11. The fourth-order valence-electron chi connectivity index (χ4n) is 3.20. The lowest BCUT2D eigenvalue weighted by Crippen LogP contribution is -2.48. The van der Waals surface area contributed by atoms with Crippen LogP contribution in [0.4, 0.5) is 5.82 Å². The van der Waals surface area contributed by atoms with Crippen LogP contribution in [0.15, 0.2) is 48.0 Å². The molecule has 24 heavy (non-hydrogen) atoms. The van der Waals surface area contributed by atoms with E-state index in [1.54, 1.807) is 17.5 Å². The first-order valence-corrected chi connectivity index (χ1v) is 8.99. The van der Waals surface area contributed by atoms with E-state index in [0.717, 1.165) is 47.4 Å². The lowest BCUT2D eigenvalue weighted by Gasteiger charge is -2.33. The molecule has 0 saturated carbocycles. The number of hydrogen-bond donors (Lipinski definition) is 1. The first-order valence-electron chi connectivity index (χ1n) is 8.11. The Labute approximate surface area is 144 Å². The van der Waals surface area contributed by atoms with Gasteiger partial charge in [-0.1, -0.05) is 12.1 Å². The van der Waals surface area contributed by atoms with Crippen LogP contribution in [0.2, 0.25) is 0 Å². The van der Waals surface area contributed by atoms with Gasteiger partial charge in [0, 0.05) is 30.0 Å². The quantitative estimate of drug-likeness (QED) is 0.797. The van der Waals surface area contributed by atoms with Gasteiger partial charge < -0.3 is 10.2 Å². The van der Waals surface area contributed by atoms with Crippen LogP contribution in [0.1, 0.15) is 23.2 Å². The van der Waals surface area contributed by atoms with Gasteiger partial charge >= 0.3 is 0 Å². The largest absolute Gasteiger partial charge is 0.353 e. The Morgan fingerprint density at radius 3 is 3.08 bits per heavy atom. The van der Waals surface area contributed by atoms with Crippen molar-refractivity contribution in [1.82, 2.24) is 15.5 Å². The van der Waals surface area contributed by atoms with Crippen molar-refractivity contribution in [3.8, 4) is 0 Å². The van der Waals surface area contributed by atoms with Crippen molar-refractivity contribution >= 4 is 33.1 Å². The van der Waals surface area contributed by atoms with Crippen LogP contribution in [-0.4, -0.2) is 35.2 Å². The first-order chi connectivity index (χ1) is 11.8. The van der Waals surface area contributed by atoms with E-state index >= 15 is 0 Å². The summed E-state index contributed by atoms with van der Waals surface area (Å²) in [4.78, 5) is 14.9. The maximum absolute atomic E-state index is 12.7. The van der Waals surface area contributed by atoms with Crippen molar-refractivity contribution in [3.05, 3.63) is 53.5 Å². The van der Waals surface area contributed by atoms with Crippen molar-refractivity contribution in [3.63, 3.8) is 0 Å². The van der Waals surface area contributed by atoms with Gasteiger partial charge in [0.2, 0.25) is 0 Å². The number of amides is 1. The Morgan fingerprint density at radius 2 is 2.21 bits per heavy atom. The van der Waals surface area contributed by atoms with E-state index in [9.17, 15) is 4.79 Å². The van der Waals surface area contributed by atoms with Gasteiger partial charge in [0.05, 0.1) is 5.56 Å². The van der Waals surface area contributed by atoms with Gasteiger partial charge in [-0.25, -0.2) is 0 Å². The van der Waals surface area contributed by atoms with Gasteiger partial charge in [-0.05, 0) is 47.9 Å². The van der Waals surface area contributed by atoms with Crippen LogP contribution < -0.4 is 10.2 Å². The number of benzene rings is 1. The number of nitrogens with zero attached hydrogens (tertiary/aromatic N) is 3. The van der Waals surface area contributed by atoms with E-state index in [0.29, 0.717) is 0 Å². The molecule has 3 aromatic rings. The Balaban J connectivity index is 1.48. The standard InChI is InChI=1S/C18H18N4OS/c23-18(15-6-1-4-13-8-11-24-17(13)15)20-14-5-3-10-22(12-14)16-7-2-9-19-21-16/h1-2,4,6-9,11,14H,3,5,10,12H2,(H,20,23). The Morgan fingerprint density at radius 1 is 1.25 bits per heavy atom. The molecule has 4 rings (SSSR count). The van der Waals surface area contributed by atoms with E-state index < -0.39 is 0 Å². The highest BCUT2D eigenvalue weighted by Gasteiger charge is 2.23. The molecule has 1 atom stereocenters. The van der Waals surface area contributed by atoms with Gasteiger partial charge in [0.15, 0.2) is 5.82 Å². The summed E-state index contributed by atoms with van der Waals surface area (Å²) in [5.74, 6) is 0.880. The second-order valence-corrected chi connectivity index (χ2v) is 6.90. The number of rotatable bonds is 3. The highest BCUT2D eigenvalue weighted by atomic mass is 32.1. The molecule has 0 aliphatic carbocycles. The number of anilines is 1. The predicted molar refractivity (Wildman–Crippen MR) is 96.6 cm³/mol. The monoisotopic (exact) mass is 338 g/mol. The van der Waals surface area contributed by atoms with Gasteiger partial charge in [0.25, 0.3) is 5.91 Å². The summed E-state index contributed by atoms with van der Waals surface area (Å²) in [5.41, 5.74) is 0.763. The van der Waals surface area contributed by atoms with E-state index in [2.05, 4.69) is 20.4 Å². The van der Waals surface area contributed by atoms with Crippen LogP contribution in [0.5, 0.6) is 0 Å². The molecule has 1 aliphatic heterocycles. The number of carbonyl (C=O) groups excluding carboxylic acids is 1. The Kier molecular flexibility index (Phi) is 4.13. The lowest BCUT2D eigenvalue weighted by atomic mass is 10.0. The molecule has 5 nitrogen and oxygen atoms in total. The minimum absolute atomic E-state index is 0.00838. The zero-order valence-corrected chi connectivity index (χ0v) is 14.0. The minimum atomic E-state index is 0.00838. The van der Waals surface area contributed by atoms with Gasteiger partial charge in [-0.15, -0.1) is 16.4 Å². The van der Waals surface area contributed by atoms with Crippen LogP contribution in [0, 0.1) is 0 Å². The number of hydrogen-bond acceptors (Lipinski definition) is 5. The first kappa shape index (κ1) is 15.1. The molecule has 1 saturated heterocycles. The molecule has 6 heteroatoms. The fraction of sp³-hybridized carbons (Fsp3) is 0.278. The average molecular weight is 338 g/mol. The molecule has 0 radical (unpaired) electrons. The van der Waals surface area contributed by atoms with Crippen molar-refractivity contribution in [1.29, 1.82) is 0 Å². The molecular formula is C18H18N4OS. The maximum atomic E-state index is 12.7. The summed E-state index contributed by atoms with van der Waals surface area (Å²) in [6, 6.07) is 11.9. The maximum Gasteiger partial charge on any atom is 0.253 e. The number of fused-ring (bicyclic) bond motifs is 1. The third-order valence-electron chi connectivity index (χ3n) is 4.36. The fourth-order valence-corrected chi connectivity index (χ4v) is 4.11. The molecule has 0 bridgehead atoms. The highest BCUT2D eigenvalue weighted by Crippen LogP contribution is 2.25. The molecule has 1 unspecified atom stereocenters. The van der Waals surface area contributed by atoms with Gasteiger partial charge in [0.1, 0.15) is 0 Å². The van der Waals surface area contributed by atoms with Crippen LogP contribution in [0.3, 0.4) is 0 Å². The van der Waals surface area contributed by atoms with Crippen LogP contribution in [0.25, 0.3) is 10.1 Å². The van der Waals surface area contributed by atoms with Crippen LogP contribution >= 0.6 is 11.3 Å². The van der Waals surface area contributed by atoms with E-state index in [4.69, 9.17) is 0 Å². The second kappa shape index (κ2) is 6.57. The molecule has 1 fully saturated rings. The number of piperidine rings is 1. The van der Waals surface area contributed by atoms with Crippen molar-refractivity contribution in [2.24, 2.45) is 0 Å². The van der Waals surface area contributed by atoms with Crippen molar-refractivity contribution in [2.75, 3.05) is 18.0 Å². The predicted octanol–water partition coefficient (Wildman–Crippen LogP) is 3.09. The van der Waals surface area contributed by atoms with E-state index in [1.807, 2.05) is 41.8 Å². The molecule has 0 spiro atoms. The second-order valence-electron chi connectivity index (χ2n) is 5.99. The third kappa shape index (κ3) is 2.97. The number of nitrogens with one attached hydrogen (secondary N) is 1. The normalized spacial score (nSPS) is 17.8. The zero-order chi connectivity index (χ0) is 16.4. The summed E-state index contributed by atoms with van der Waals surface area (Å²) >= 11 is 1.61. The zero-order valence-electron chi connectivity index (χ0n) is 13.2. The number of aromatic nitrogens is 2.